The maximum absolute atomic E-state index is 12.7. The Bertz CT molecular complexity index is 432. The Morgan fingerprint density at radius 2 is 1.52 bits per heavy atom. The van der Waals surface area contributed by atoms with Gasteiger partial charge < -0.3 is 15.3 Å². The van der Waals surface area contributed by atoms with E-state index in [1.807, 2.05) is 0 Å². The number of aliphatic hydroxyl groups is 1. The van der Waals surface area contributed by atoms with Gasteiger partial charge in [-0.2, -0.15) is 13.2 Å². The van der Waals surface area contributed by atoms with Crippen LogP contribution in [0.15, 0.2) is 24.3 Å². The van der Waals surface area contributed by atoms with Crippen molar-refractivity contribution >= 4 is 30.5 Å². The molecule has 1 aromatic rings. The highest BCUT2D eigenvalue weighted by atomic mass is 35.5. The zero-order valence-corrected chi connectivity index (χ0v) is 13.1. The molecular weight excluding hydrogens is 328 g/mol. The fourth-order valence-corrected chi connectivity index (χ4v) is 2.08. The van der Waals surface area contributed by atoms with E-state index < -0.39 is 11.8 Å². The molecule has 1 aliphatic heterocycles. The molecule has 2 rings (SSSR count). The molecular formula is C13H19Cl2F3N2O. The van der Waals surface area contributed by atoms with Crippen LogP contribution in [0.25, 0.3) is 0 Å². The molecule has 1 fully saturated rings. The first-order valence-corrected chi connectivity index (χ1v) is 6.18. The van der Waals surface area contributed by atoms with Crippen LogP contribution < -0.4 is 10.2 Å². The molecule has 0 aromatic heterocycles. The van der Waals surface area contributed by atoms with Gasteiger partial charge in [0.15, 0.2) is 5.60 Å². The minimum atomic E-state index is -4.68. The number of nitrogens with zero attached hydrogens (tertiary/aromatic N) is 1. The first kappa shape index (κ1) is 20.3. The summed E-state index contributed by atoms with van der Waals surface area (Å²) in [7, 11) is 0. The summed E-state index contributed by atoms with van der Waals surface area (Å²) in [6, 6.07) is 5.93. The van der Waals surface area contributed by atoms with Crippen LogP contribution in [0.5, 0.6) is 0 Å². The van der Waals surface area contributed by atoms with Gasteiger partial charge >= 0.3 is 6.18 Å². The molecule has 21 heavy (non-hydrogen) atoms. The van der Waals surface area contributed by atoms with Gasteiger partial charge in [0.05, 0.1) is 0 Å². The van der Waals surface area contributed by atoms with Gasteiger partial charge in [0.25, 0.3) is 0 Å². The molecule has 1 unspecified atom stereocenters. The van der Waals surface area contributed by atoms with Crippen molar-refractivity contribution in [2.24, 2.45) is 0 Å². The zero-order valence-electron chi connectivity index (χ0n) is 11.5. The van der Waals surface area contributed by atoms with E-state index in [4.69, 9.17) is 0 Å². The Balaban J connectivity index is 0.00000200. The fraction of sp³-hybridized carbons (Fsp3) is 0.538. The maximum Gasteiger partial charge on any atom is 0.421 e. The van der Waals surface area contributed by atoms with E-state index in [2.05, 4.69) is 10.2 Å². The van der Waals surface area contributed by atoms with Crippen LogP contribution in [0.1, 0.15) is 12.5 Å². The monoisotopic (exact) mass is 346 g/mol. The lowest BCUT2D eigenvalue weighted by atomic mass is 9.95. The molecule has 0 aliphatic carbocycles. The topological polar surface area (TPSA) is 35.5 Å². The maximum atomic E-state index is 12.7. The number of benzene rings is 1. The molecule has 8 heteroatoms. The van der Waals surface area contributed by atoms with Crippen molar-refractivity contribution in [3.63, 3.8) is 0 Å². The second kappa shape index (κ2) is 7.54. The molecule has 1 atom stereocenters. The summed E-state index contributed by atoms with van der Waals surface area (Å²) in [5, 5.41) is 12.8. The van der Waals surface area contributed by atoms with Gasteiger partial charge in [-0.05, 0) is 24.6 Å². The van der Waals surface area contributed by atoms with Crippen LogP contribution >= 0.6 is 24.8 Å². The minimum absolute atomic E-state index is 0. The van der Waals surface area contributed by atoms with Gasteiger partial charge in [-0.3, -0.25) is 0 Å². The molecule has 1 saturated heterocycles. The van der Waals surface area contributed by atoms with Gasteiger partial charge in [-0.15, -0.1) is 24.8 Å². The van der Waals surface area contributed by atoms with Crippen molar-refractivity contribution in [1.29, 1.82) is 0 Å². The van der Waals surface area contributed by atoms with Gasteiger partial charge in [0.1, 0.15) is 0 Å². The number of nitrogens with one attached hydrogen (secondary N) is 1. The average molecular weight is 347 g/mol. The predicted molar refractivity (Wildman–Crippen MR) is 81.6 cm³/mol. The second-order valence-electron chi connectivity index (χ2n) is 4.85. The average Bonchev–Trinajstić information content (AvgIpc) is 2.39. The van der Waals surface area contributed by atoms with E-state index in [1.165, 1.54) is 12.1 Å². The highest BCUT2D eigenvalue weighted by molar-refractivity contribution is 5.85. The van der Waals surface area contributed by atoms with Gasteiger partial charge in [-0.25, -0.2) is 0 Å². The van der Waals surface area contributed by atoms with Crippen LogP contribution in [-0.4, -0.2) is 37.5 Å². The van der Waals surface area contributed by atoms with Crippen molar-refractivity contribution < 1.29 is 18.3 Å². The Labute approximate surface area is 134 Å². The molecule has 122 valence electrons. The molecule has 0 saturated carbocycles. The van der Waals surface area contributed by atoms with Gasteiger partial charge in [0, 0.05) is 31.9 Å². The Kier molecular flexibility index (Phi) is 7.29. The number of hydrogen-bond donors (Lipinski definition) is 2. The molecule has 3 nitrogen and oxygen atoms in total. The highest BCUT2D eigenvalue weighted by Gasteiger charge is 2.51. The molecule has 2 N–H and O–H groups in total. The number of hydrogen-bond acceptors (Lipinski definition) is 3. The summed E-state index contributed by atoms with van der Waals surface area (Å²) in [6.45, 7) is 4.15. The lowest BCUT2D eigenvalue weighted by Gasteiger charge is -2.31. The van der Waals surface area contributed by atoms with Crippen LogP contribution in [-0.2, 0) is 5.60 Å². The Hall–Kier alpha value is -0.690. The number of alkyl halides is 3. The van der Waals surface area contributed by atoms with Gasteiger partial charge in [0.2, 0.25) is 0 Å². The van der Waals surface area contributed by atoms with Gasteiger partial charge in [-0.1, -0.05) is 12.1 Å². The Morgan fingerprint density at radius 3 is 1.95 bits per heavy atom. The standard InChI is InChI=1S/C13H17F3N2O.2ClH/c1-12(19,13(14,15)16)10-2-4-11(5-3-10)18-8-6-17-7-9-18;;/h2-5,17,19H,6-9H2,1H3;2*1H. The van der Waals surface area contributed by atoms with Crippen molar-refractivity contribution in [3.05, 3.63) is 29.8 Å². The van der Waals surface area contributed by atoms with E-state index in [-0.39, 0.29) is 30.4 Å². The molecule has 0 spiro atoms. The van der Waals surface area contributed by atoms with E-state index in [0.29, 0.717) is 0 Å². The number of halogens is 5. The van der Waals surface area contributed by atoms with Crippen LogP contribution in [0.4, 0.5) is 18.9 Å². The summed E-state index contributed by atoms with van der Waals surface area (Å²) in [4.78, 5) is 2.10. The highest BCUT2D eigenvalue weighted by Crippen LogP contribution is 2.38. The minimum Gasteiger partial charge on any atom is -0.376 e. The van der Waals surface area contributed by atoms with Crippen LogP contribution in [0, 0.1) is 0 Å². The molecule has 0 bridgehead atoms. The number of anilines is 1. The Morgan fingerprint density at radius 1 is 1.05 bits per heavy atom. The van der Waals surface area contributed by atoms with Crippen molar-refractivity contribution in [2.45, 2.75) is 18.7 Å². The fourth-order valence-electron chi connectivity index (χ4n) is 2.08. The van der Waals surface area contributed by atoms with E-state index in [9.17, 15) is 18.3 Å². The second-order valence-corrected chi connectivity index (χ2v) is 4.85. The predicted octanol–water partition coefficient (Wildman–Crippen LogP) is 2.71. The third-order valence-corrected chi connectivity index (χ3v) is 3.46. The molecule has 0 amide bonds. The molecule has 1 heterocycles. The lowest BCUT2D eigenvalue weighted by molar-refractivity contribution is -0.258. The quantitative estimate of drug-likeness (QED) is 0.864. The third kappa shape index (κ3) is 4.39. The summed E-state index contributed by atoms with van der Waals surface area (Å²) in [6.07, 6.45) is -4.68. The molecule has 1 aliphatic rings. The smallest absolute Gasteiger partial charge is 0.376 e. The molecule has 0 radical (unpaired) electrons. The summed E-state index contributed by atoms with van der Waals surface area (Å²) in [5.41, 5.74) is -2.07. The SMILES string of the molecule is CC(O)(c1ccc(N2CCNCC2)cc1)C(F)(F)F.Cl.Cl. The first-order valence-electron chi connectivity index (χ1n) is 6.18. The van der Waals surface area contributed by atoms with Crippen LogP contribution in [0.3, 0.4) is 0 Å². The number of rotatable bonds is 2. The number of piperazine rings is 1. The van der Waals surface area contributed by atoms with E-state index in [1.54, 1.807) is 12.1 Å². The summed E-state index contributed by atoms with van der Waals surface area (Å²) in [5.74, 6) is 0. The largest absolute Gasteiger partial charge is 0.421 e. The summed E-state index contributed by atoms with van der Waals surface area (Å²) >= 11 is 0. The lowest BCUT2D eigenvalue weighted by Crippen LogP contribution is -2.43. The first-order chi connectivity index (χ1) is 8.82. The molecule has 1 aromatic carbocycles. The van der Waals surface area contributed by atoms with Crippen molar-refractivity contribution in [1.82, 2.24) is 5.32 Å². The van der Waals surface area contributed by atoms with Crippen molar-refractivity contribution in [2.75, 3.05) is 31.1 Å². The third-order valence-electron chi connectivity index (χ3n) is 3.46. The van der Waals surface area contributed by atoms with E-state index in [0.717, 1.165) is 38.8 Å². The summed E-state index contributed by atoms with van der Waals surface area (Å²) < 4.78 is 38.1. The van der Waals surface area contributed by atoms with Crippen molar-refractivity contribution in [3.8, 4) is 0 Å². The van der Waals surface area contributed by atoms with E-state index >= 15 is 0 Å². The zero-order chi connectivity index (χ0) is 14.1. The normalized spacial score (nSPS) is 18.2. The van der Waals surface area contributed by atoms with Crippen LogP contribution in [0.2, 0.25) is 0 Å².